The van der Waals surface area contributed by atoms with E-state index in [1.54, 1.807) is 0 Å². The number of carbonyl (C=O) groups is 2. The highest BCUT2D eigenvalue weighted by Gasteiger charge is 2.41. The van der Waals surface area contributed by atoms with Crippen molar-refractivity contribution < 1.29 is 14.7 Å². The Labute approximate surface area is 121 Å². The summed E-state index contributed by atoms with van der Waals surface area (Å²) in [6.07, 6.45) is 7.37. The lowest BCUT2D eigenvalue weighted by Gasteiger charge is -2.43. The van der Waals surface area contributed by atoms with Gasteiger partial charge in [-0.15, -0.1) is 0 Å². The van der Waals surface area contributed by atoms with E-state index in [4.69, 9.17) is 5.11 Å². The molecule has 0 radical (unpaired) electrons. The van der Waals surface area contributed by atoms with Gasteiger partial charge in [0.25, 0.3) is 0 Å². The molecule has 2 atom stereocenters. The summed E-state index contributed by atoms with van der Waals surface area (Å²) in [6, 6.07) is -0.0912. The van der Waals surface area contributed by atoms with Crippen molar-refractivity contribution in [2.45, 2.75) is 71.3 Å². The maximum absolute atomic E-state index is 12.9. The Morgan fingerprint density at radius 2 is 1.85 bits per heavy atom. The van der Waals surface area contributed by atoms with Crippen LogP contribution in [-0.2, 0) is 9.59 Å². The van der Waals surface area contributed by atoms with E-state index >= 15 is 0 Å². The van der Waals surface area contributed by atoms with Gasteiger partial charge >= 0.3 is 5.97 Å². The van der Waals surface area contributed by atoms with Gasteiger partial charge in [0.2, 0.25) is 5.91 Å². The molecular formula is C16H27NO3. The summed E-state index contributed by atoms with van der Waals surface area (Å²) in [4.78, 5) is 25.8. The molecular weight excluding hydrogens is 254 g/mol. The average Bonchev–Trinajstić information content (AvgIpc) is 2.37. The maximum Gasteiger partial charge on any atom is 0.305 e. The molecule has 2 unspecified atom stereocenters. The van der Waals surface area contributed by atoms with Crippen LogP contribution in [0.1, 0.15) is 65.2 Å². The molecule has 1 aliphatic heterocycles. The van der Waals surface area contributed by atoms with Crippen LogP contribution in [-0.4, -0.2) is 34.5 Å². The Kier molecular flexibility index (Phi) is 4.71. The molecule has 1 saturated heterocycles. The predicted octanol–water partition coefficient (Wildman–Crippen LogP) is 3.06. The Morgan fingerprint density at radius 3 is 2.50 bits per heavy atom. The van der Waals surface area contributed by atoms with E-state index in [-0.39, 0.29) is 29.7 Å². The normalized spacial score (nSPS) is 30.0. The summed E-state index contributed by atoms with van der Waals surface area (Å²) >= 11 is 0. The van der Waals surface area contributed by atoms with Crippen molar-refractivity contribution in [3.8, 4) is 0 Å². The van der Waals surface area contributed by atoms with Gasteiger partial charge in [-0.25, -0.2) is 0 Å². The molecule has 4 heteroatoms. The molecule has 1 aliphatic carbocycles. The highest BCUT2D eigenvalue weighted by atomic mass is 16.4. The van der Waals surface area contributed by atoms with E-state index in [1.807, 2.05) is 4.90 Å². The third-order valence-corrected chi connectivity index (χ3v) is 5.13. The fourth-order valence-corrected chi connectivity index (χ4v) is 3.86. The average molecular weight is 281 g/mol. The summed E-state index contributed by atoms with van der Waals surface area (Å²) in [5.41, 5.74) is 0.0561. The first-order valence-electron chi connectivity index (χ1n) is 7.94. The molecule has 0 spiro atoms. The first-order valence-corrected chi connectivity index (χ1v) is 7.94. The molecule has 2 aliphatic rings. The molecule has 0 bridgehead atoms. The van der Waals surface area contributed by atoms with Crippen LogP contribution >= 0.6 is 0 Å². The predicted molar refractivity (Wildman–Crippen MR) is 77.3 cm³/mol. The minimum atomic E-state index is -0.794. The molecule has 1 heterocycles. The summed E-state index contributed by atoms with van der Waals surface area (Å²) in [7, 11) is 0. The summed E-state index contributed by atoms with van der Waals surface area (Å²) < 4.78 is 0. The van der Waals surface area contributed by atoms with Gasteiger partial charge in [0.1, 0.15) is 0 Å². The number of hydrogen-bond acceptors (Lipinski definition) is 2. The minimum Gasteiger partial charge on any atom is -0.481 e. The SMILES string of the molecule is CC1(C)CCCCC1C(=O)N1CCCCC1CC(=O)O. The number of aliphatic carboxylic acids is 1. The second kappa shape index (κ2) is 6.15. The van der Waals surface area contributed by atoms with Crippen molar-refractivity contribution in [1.29, 1.82) is 0 Å². The number of carboxylic acid groups (broad SMARTS) is 1. The Morgan fingerprint density at radius 1 is 1.15 bits per heavy atom. The van der Waals surface area contributed by atoms with E-state index in [9.17, 15) is 9.59 Å². The number of carbonyl (C=O) groups excluding carboxylic acids is 1. The van der Waals surface area contributed by atoms with Crippen molar-refractivity contribution in [1.82, 2.24) is 4.90 Å². The highest BCUT2D eigenvalue weighted by Crippen LogP contribution is 2.42. The van der Waals surface area contributed by atoms with Gasteiger partial charge in [-0.05, 0) is 37.5 Å². The molecule has 0 aromatic carbocycles. The molecule has 20 heavy (non-hydrogen) atoms. The lowest BCUT2D eigenvalue weighted by molar-refractivity contribution is -0.147. The quantitative estimate of drug-likeness (QED) is 0.865. The number of amides is 1. The van der Waals surface area contributed by atoms with Crippen LogP contribution < -0.4 is 0 Å². The number of carboxylic acids is 1. The first kappa shape index (κ1) is 15.3. The second-order valence-electron chi connectivity index (χ2n) is 7.07. The third-order valence-electron chi connectivity index (χ3n) is 5.13. The molecule has 0 aromatic heterocycles. The zero-order valence-electron chi connectivity index (χ0n) is 12.7. The number of rotatable bonds is 3. The summed E-state index contributed by atoms with van der Waals surface area (Å²) in [5.74, 6) is -0.510. The van der Waals surface area contributed by atoms with Gasteiger partial charge in [0, 0.05) is 18.5 Å². The molecule has 1 saturated carbocycles. The molecule has 1 N–H and O–H groups in total. The Bertz CT molecular complexity index is 378. The van der Waals surface area contributed by atoms with Crippen molar-refractivity contribution in [2.75, 3.05) is 6.54 Å². The van der Waals surface area contributed by atoms with E-state index < -0.39 is 5.97 Å². The van der Waals surface area contributed by atoms with Crippen molar-refractivity contribution >= 4 is 11.9 Å². The van der Waals surface area contributed by atoms with Crippen LogP contribution in [0.15, 0.2) is 0 Å². The smallest absolute Gasteiger partial charge is 0.305 e. The van der Waals surface area contributed by atoms with Crippen LogP contribution in [0.4, 0.5) is 0 Å². The van der Waals surface area contributed by atoms with Crippen LogP contribution in [0.25, 0.3) is 0 Å². The van der Waals surface area contributed by atoms with Crippen LogP contribution in [0.5, 0.6) is 0 Å². The van der Waals surface area contributed by atoms with Crippen LogP contribution in [0, 0.1) is 11.3 Å². The zero-order valence-corrected chi connectivity index (χ0v) is 12.7. The minimum absolute atomic E-state index is 0.0561. The fraction of sp³-hybridized carbons (Fsp3) is 0.875. The number of piperidine rings is 1. The fourth-order valence-electron chi connectivity index (χ4n) is 3.86. The number of nitrogens with zero attached hydrogens (tertiary/aromatic N) is 1. The van der Waals surface area contributed by atoms with Crippen LogP contribution in [0.2, 0.25) is 0 Å². The maximum atomic E-state index is 12.9. The molecule has 4 nitrogen and oxygen atoms in total. The van der Waals surface area contributed by atoms with Crippen molar-refractivity contribution in [3.05, 3.63) is 0 Å². The monoisotopic (exact) mass is 281 g/mol. The third kappa shape index (κ3) is 3.33. The number of likely N-dealkylation sites (tertiary alicyclic amines) is 1. The topological polar surface area (TPSA) is 57.6 Å². The molecule has 114 valence electrons. The second-order valence-corrected chi connectivity index (χ2v) is 7.07. The zero-order chi connectivity index (χ0) is 14.8. The standard InChI is InChI=1S/C16H27NO3/c1-16(2)9-5-3-8-13(16)15(20)17-10-6-4-7-12(17)11-14(18)19/h12-13H,3-11H2,1-2H3,(H,18,19). The lowest BCUT2D eigenvalue weighted by Crippen LogP contribution is -2.50. The van der Waals surface area contributed by atoms with E-state index in [0.29, 0.717) is 0 Å². The summed E-state index contributed by atoms with van der Waals surface area (Å²) in [5, 5.41) is 9.04. The van der Waals surface area contributed by atoms with Gasteiger partial charge in [-0.1, -0.05) is 26.7 Å². The van der Waals surface area contributed by atoms with E-state index in [0.717, 1.165) is 45.1 Å². The Hall–Kier alpha value is -1.06. The summed E-state index contributed by atoms with van der Waals surface area (Å²) in [6.45, 7) is 5.11. The highest BCUT2D eigenvalue weighted by molar-refractivity contribution is 5.81. The number of hydrogen-bond donors (Lipinski definition) is 1. The van der Waals surface area contributed by atoms with Gasteiger partial charge in [0.15, 0.2) is 0 Å². The lowest BCUT2D eigenvalue weighted by atomic mass is 9.68. The van der Waals surface area contributed by atoms with Crippen molar-refractivity contribution in [2.24, 2.45) is 11.3 Å². The van der Waals surface area contributed by atoms with E-state index in [1.165, 1.54) is 6.42 Å². The van der Waals surface area contributed by atoms with E-state index in [2.05, 4.69) is 13.8 Å². The van der Waals surface area contributed by atoms with Crippen LogP contribution in [0.3, 0.4) is 0 Å². The van der Waals surface area contributed by atoms with Gasteiger partial charge in [-0.2, -0.15) is 0 Å². The first-order chi connectivity index (χ1) is 9.42. The molecule has 2 fully saturated rings. The van der Waals surface area contributed by atoms with Gasteiger partial charge < -0.3 is 10.0 Å². The van der Waals surface area contributed by atoms with Gasteiger partial charge in [0.05, 0.1) is 6.42 Å². The van der Waals surface area contributed by atoms with Crippen molar-refractivity contribution in [3.63, 3.8) is 0 Å². The van der Waals surface area contributed by atoms with Gasteiger partial charge in [-0.3, -0.25) is 9.59 Å². The Balaban J connectivity index is 2.10. The molecule has 2 rings (SSSR count). The molecule has 0 aromatic rings. The largest absolute Gasteiger partial charge is 0.481 e. The molecule has 1 amide bonds.